The Hall–Kier alpha value is -2.83. The third-order valence-electron chi connectivity index (χ3n) is 3.27. The summed E-state index contributed by atoms with van der Waals surface area (Å²) < 4.78 is 0. The van der Waals surface area contributed by atoms with Crippen molar-refractivity contribution in [3.63, 3.8) is 0 Å². The number of carbonyl (C=O) groups excluding carboxylic acids is 1. The average molecular weight is 321 g/mol. The number of carbonyl (C=O) groups is 1. The monoisotopic (exact) mass is 320 g/mol. The summed E-state index contributed by atoms with van der Waals surface area (Å²) in [5.41, 5.74) is 3.16. The summed E-state index contributed by atoms with van der Waals surface area (Å²) in [6, 6.07) is 14.9. The molecule has 0 aliphatic rings. The Kier molecular flexibility index (Phi) is 4.27. The van der Waals surface area contributed by atoms with E-state index in [1.807, 2.05) is 48.5 Å². The molecule has 1 aromatic heterocycles. The van der Waals surface area contributed by atoms with Crippen LogP contribution in [0.1, 0.15) is 18.1 Å². The molecular formula is C19H13ClN2O. The fourth-order valence-electron chi connectivity index (χ4n) is 2.24. The maximum absolute atomic E-state index is 11.3. The highest BCUT2D eigenvalue weighted by molar-refractivity contribution is 6.30. The third kappa shape index (κ3) is 3.50. The van der Waals surface area contributed by atoms with Gasteiger partial charge < -0.3 is 5.32 Å². The number of amides is 1. The summed E-state index contributed by atoms with van der Waals surface area (Å²) in [6.07, 6.45) is 1.70. The minimum Gasteiger partial charge on any atom is -0.324 e. The molecule has 0 saturated carbocycles. The zero-order valence-electron chi connectivity index (χ0n) is 12.4. The fraction of sp³-hybridized carbons (Fsp3) is 0.0526. The van der Waals surface area contributed by atoms with Gasteiger partial charge in [0.15, 0.2) is 0 Å². The van der Waals surface area contributed by atoms with Gasteiger partial charge in [-0.2, -0.15) is 0 Å². The molecule has 1 heterocycles. The van der Waals surface area contributed by atoms with Gasteiger partial charge in [-0.25, -0.2) is 0 Å². The Morgan fingerprint density at radius 2 is 1.87 bits per heavy atom. The molecule has 3 rings (SSSR count). The van der Waals surface area contributed by atoms with Gasteiger partial charge in [0.25, 0.3) is 0 Å². The predicted octanol–water partition coefficient (Wildman–Crippen LogP) is 4.25. The van der Waals surface area contributed by atoms with Crippen LogP contribution in [0, 0.1) is 11.8 Å². The summed E-state index contributed by atoms with van der Waals surface area (Å²) in [4.78, 5) is 15.7. The molecule has 0 aliphatic heterocycles. The van der Waals surface area contributed by atoms with Crippen molar-refractivity contribution in [3.05, 3.63) is 70.9 Å². The number of pyridine rings is 1. The second-order valence-corrected chi connectivity index (χ2v) is 5.43. The van der Waals surface area contributed by atoms with Crippen molar-refractivity contribution >= 4 is 34.1 Å². The number of rotatable bonds is 1. The molecular weight excluding hydrogens is 308 g/mol. The molecule has 3 aromatic rings. The van der Waals surface area contributed by atoms with Gasteiger partial charge in [-0.3, -0.25) is 9.78 Å². The Balaban J connectivity index is 2.06. The minimum absolute atomic E-state index is 0.128. The van der Waals surface area contributed by atoms with E-state index in [1.165, 1.54) is 6.92 Å². The quantitative estimate of drug-likeness (QED) is 0.681. The van der Waals surface area contributed by atoms with Gasteiger partial charge in [0.05, 0.1) is 11.2 Å². The van der Waals surface area contributed by atoms with Crippen LogP contribution in [0.2, 0.25) is 5.02 Å². The van der Waals surface area contributed by atoms with Crippen molar-refractivity contribution in [1.29, 1.82) is 0 Å². The van der Waals surface area contributed by atoms with Crippen LogP contribution in [0.3, 0.4) is 0 Å². The summed E-state index contributed by atoms with van der Waals surface area (Å²) in [5.74, 6) is 6.15. The molecule has 1 amide bonds. The van der Waals surface area contributed by atoms with Crippen LogP contribution in [-0.2, 0) is 4.79 Å². The number of nitrogens with zero attached hydrogens (tertiary/aromatic N) is 1. The van der Waals surface area contributed by atoms with Gasteiger partial charge in [0.1, 0.15) is 0 Å². The smallest absolute Gasteiger partial charge is 0.221 e. The molecule has 0 spiro atoms. The number of hydrogen-bond donors (Lipinski definition) is 1. The lowest BCUT2D eigenvalue weighted by Gasteiger charge is -2.07. The number of hydrogen-bond acceptors (Lipinski definition) is 2. The Bertz CT molecular complexity index is 937. The van der Waals surface area contributed by atoms with Gasteiger partial charge in [0.2, 0.25) is 5.91 Å². The molecule has 1 N–H and O–H groups in total. The van der Waals surface area contributed by atoms with Crippen molar-refractivity contribution in [2.75, 3.05) is 5.32 Å². The molecule has 0 radical (unpaired) electrons. The minimum atomic E-state index is -0.128. The first-order valence-corrected chi connectivity index (χ1v) is 7.44. The Morgan fingerprint density at radius 3 is 2.61 bits per heavy atom. The molecule has 0 unspecified atom stereocenters. The van der Waals surface area contributed by atoms with Crippen molar-refractivity contribution < 1.29 is 4.79 Å². The third-order valence-corrected chi connectivity index (χ3v) is 3.52. The normalized spacial score (nSPS) is 10.0. The average Bonchev–Trinajstić information content (AvgIpc) is 2.55. The SMILES string of the molecule is CC(=O)Nc1ccc(C#Cc2ccc(Cl)cc2)c2cccnc12. The molecule has 0 aliphatic carbocycles. The van der Waals surface area contributed by atoms with Gasteiger partial charge in [-0.15, -0.1) is 0 Å². The first-order valence-electron chi connectivity index (χ1n) is 7.06. The summed E-state index contributed by atoms with van der Waals surface area (Å²) >= 11 is 5.87. The van der Waals surface area contributed by atoms with E-state index in [9.17, 15) is 4.79 Å². The number of nitrogens with one attached hydrogen (secondary N) is 1. The van der Waals surface area contributed by atoms with Crippen LogP contribution in [0.15, 0.2) is 54.7 Å². The Labute approximate surface area is 139 Å². The van der Waals surface area contributed by atoms with Gasteiger partial charge >= 0.3 is 0 Å². The highest BCUT2D eigenvalue weighted by atomic mass is 35.5. The van der Waals surface area contributed by atoms with E-state index < -0.39 is 0 Å². The highest BCUT2D eigenvalue weighted by Gasteiger charge is 2.06. The lowest BCUT2D eigenvalue weighted by molar-refractivity contribution is -0.114. The molecule has 0 saturated heterocycles. The standard InChI is InChI=1S/C19H13ClN2O/c1-13(23)22-18-11-8-15(17-3-2-12-21-19(17)18)7-4-14-5-9-16(20)10-6-14/h2-3,5-6,8-12H,1H3,(H,22,23). The van der Waals surface area contributed by atoms with Crippen LogP contribution in [0.5, 0.6) is 0 Å². The molecule has 2 aromatic carbocycles. The number of halogens is 1. The molecule has 0 atom stereocenters. The molecule has 0 fully saturated rings. The van der Waals surface area contributed by atoms with Crippen LogP contribution in [0.4, 0.5) is 5.69 Å². The zero-order chi connectivity index (χ0) is 16.2. The topological polar surface area (TPSA) is 42.0 Å². The van der Waals surface area contributed by atoms with E-state index in [-0.39, 0.29) is 5.91 Å². The summed E-state index contributed by atoms with van der Waals surface area (Å²) in [6.45, 7) is 1.48. The van der Waals surface area contributed by atoms with E-state index in [0.29, 0.717) is 10.7 Å². The van der Waals surface area contributed by atoms with Crippen molar-refractivity contribution in [3.8, 4) is 11.8 Å². The highest BCUT2D eigenvalue weighted by Crippen LogP contribution is 2.24. The molecule has 0 bridgehead atoms. The van der Waals surface area contributed by atoms with Gasteiger partial charge in [-0.1, -0.05) is 23.4 Å². The molecule has 3 nitrogen and oxygen atoms in total. The first-order chi connectivity index (χ1) is 11.1. The lowest BCUT2D eigenvalue weighted by Crippen LogP contribution is -2.06. The predicted molar refractivity (Wildman–Crippen MR) is 93.5 cm³/mol. The second kappa shape index (κ2) is 6.51. The van der Waals surface area contributed by atoms with Gasteiger partial charge in [0, 0.05) is 34.7 Å². The first kappa shape index (κ1) is 15.1. The largest absolute Gasteiger partial charge is 0.324 e. The van der Waals surface area contributed by atoms with Crippen LogP contribution in [-0.4, -0.2) is 10.9 Å². The van der Waals surface area contributed by atoms with E-state index in [4.69, 9.17) is 11.6 Å². The fourth-order valence-corrected chi connectivity index (χ4v) is 2.37. The molecule has 112 valence electrons. The lowest BCUT2D eigenvalue weighted by atomic mass is 10.1. The number of benzene rings is 2. The summed E-state index contributed by atoms with van der Waals surface area (Å²) in [7, 11) is 0. The van der Waals surface area contributed by atoms with Crippen LogP contribution >= 0.6 is 11.6 Å². The molecule has 4 heteroatoms. The van der Waals surface area contributed by atoms with E-state index in [1.54, 1.807) is 6.20 Å². The number of anilines is 1. The van der Waals surface area contributed by atoms with Gasteiger partial charge in [-0.05, 0) is 48.5 Å². The van der Waals surface area contributed by atoms with Crippen molar-refractivity contribution in [2.45, 2.75) is 6.92 Å². The van der Waals surface area contributed by atoms with Crippen molar-refractivity contribution in [2.24, 2.45) is 0 Å². The number of aromatic nitrogens is 1. The van der Waals surface area contributed by atoms with Crippen molar-refractivity contribution in [1.82, 2.24) is 4.98 Å². The maximum Gasteiger partial charge on any atom is 0.221 e. The van der Waals surface area contributed by atoms with E-state index in [2.05, 4.69) is 22.1 Å². The van der Waals surface area contributed by atoms with Crippen LogP contribution < -0.4 is 5.32 Å². The molecule has 23 heavy (non-hydrogen) atoms. The number of fused-ring (bicyclic) bond motifs is 1. The summed E-state index contributed by atoms with van der Waals surface area (Å²) in [5, 5.41) is 4.38. The van der Waals surface area contributed by atoms with E-state index >= 15 is 0 Å². The van der Waals surface area contributed by atoms with Crippen LogP contribution in [0.25, 0.3) is 10.9 Å². The Morgan fingerprint density at radius 1 is 1.09 bits per heavy atom. The second-order valence-electron chi connectivity index (χ2n) is 5.00. The zero-order valence-corrected chi connectivity index (χ0v) is 13.2. The maximum atomic E-state index is 11.3. The van der Waals surface area contributed by atoms with E-state index in [0.717, 1.165) is 22.0 Å².